The lowest BCUT2D eigenvalue weighted by molar-refractivity contribution is -0.132. The third-order valence-electron chi connectivity index (χ3n) is 2.51. The van der Waals surface area contributed by atoms with Gasteiger partial charge in [0.2, 0.25) is 11.8 Å². The van der Waals surface area contributed by atoms with E-state index in [2.05, 4.69) is 20.4 Å². The van der Waals surface area contributed by atoms with Crippen LogP contribution in [0, 0.1) is 0 Å². The number of hydrogen-bond donors (Lipinski definition) is 1. The fourth-order valence-corrected chi connectivity index (χ4v) is 2.87. The lowest BCUT2D eigenvalue weighted by Gasteiger charge is -2.29. The summed E-state index contributed by atoms with van der Waals surface area (Å²) in [5.74, 6) is -0.473. The second-order valence-corrected chi connectivity index (χ2v) is 5.48. The third-order valence-corrected chi connectivity index (χ3v) is 3.67. The maximum absolute atomic E-state index is 11.7. The van der Waals surface area contributed by atoms with Gasteiger partial charge in [-0.05, 0) is 18.7 Å². The van der Waals surface area contributed by atoms with E-state index in [0.717, 1.165) is 0 Å². The quantitative estimate of drug-likeness (QED) is 0.815. The molecule has 1 aromatic rings. The molecule has 2 rings (SSSR count). The summed E-state index contributed by atoms with van der Waals surface area (Å²) < 4.78 is 0. The highest BCUT2D eigenvalue weighted by Gasteiger charge is 2.45. The molecule has 0 saturated carbocycles. The van der Waals surface area contributed by atoms with Crippen LogP contribution in [-0.2, 0) is 14.5 Å². The second-order valence-electron chi connectivity index (χ2n) is 4.09. The summed E-state index contributed by atoms with van der Waals surface area (Å²) in [6.45, 7) is 4.61. The zero-order chi connectivity index (χ0) is 14.0. The fourth-order valence-electron chi connectivity index (χ4n) is 1.71. The van der Waals surface area contributed by atoms with Crippen LogP contribution >= 0.6 is 11.8 Å². The Hall–Kier alpha value is -1.96. The molecule has 0 saturated heterocycles. The molecular weight excluding hydrogens is 266 g/mol. The Morgan fingerprint density at radius 1 is 1.37 bits per heavy atom. The van der Waals surface area contributed by atoms with Crippen LogP contribution in [0.3, 0.4) is 0 Å². The van der Waals surface area contributed by atoms with Gasteiger partial charge in [-0.1, -0.05) is 0 Å². The molecule has 2 heterocycles. The van der Waals surface area contributed by atoms with E-state index in [-0.39, 0.29) is 11.8 Å². The first-order chi connectivity index (χ1) is 8.93. The molecule has 2 amide bonds. The average Bonchev–Trinajstić information content (AvgIpc) is 2.68. The van der Waals surface area contributed by atoms with Gasteiger partial charge in [-0.15, -0.1) is 5.10 Å². The first kappa shape index (κ1) is 13.5. The minimum atomic E-state index is -0.808. The summed E-state index contributed by atoms with van der Waals surface area (Å²) in [6.07, 6.45) is 4.69. The summed E-state index contributed by atoms with van der Waals surface area (Å²) in [5, 5.41) is 8.37. The number of nitrogens with zero attached hydrogens (tertiary/aromatic N) is 4. The topological polar surface area (TPSA) is 87.5 Å². The first-order valence-electron chi connectivity index (χ1n) is 5.56. The molecule has 1 atom stereocenters. The maximum atomic E-state index is 11.7. The lowest BCUT2D eigenvalue weighted by atomic mass is 10.2. The Bertz CT molecular complexity index is 547. The molecule has 0 aromatic carbocycles. The molecule has 19 heavy (non-hydrogen) atoms. The summed E-state index contributed by atoms with van der Waals surface area (Å²) in [5.41, 5.74) is 0.597. The SMILES string of the molecule is CC(=O)NC1=NN(C(C)=O)C(C)(c2cnccn2)S1. The molecule has 1 unspecified atom stereocenters. The first-order valence-corrected chi connectivity index (χ1v) is 6.37. The van der Waals surface area contributed by atoms with Gasteiger partial charge in [0, 0.05) is 26.2 Å². The van der Waals surface area contributed by atoms with E-state index in [4.69, 9.17) is 0 Å². The van der Waals surface area contributed by atoms with Crippen LogP contribution in [0.1, 0.15) is 26.5 Å². The Kier molecular flexibility index (Phi) is 3.52. The largest absolute Gasteiger partial charge is 0.304 e. The smallest absolute Gasteiger partial charge is 0.241 e. The second kappa shape index (κ2) is 4.96. The van der Waals surface area contributed by atoms with Gasteiger partial charge in [0.15, 0.2) is 10.0 Å². The van der Waals surface area contributed by atoms with Crippen molar-refractivity contribution in [3.8, 4) is 0 Å². The molecule has 0 fully saturated rings. The van der Waals surface area contributed by atoms with Crippen molar-refractivity contribution in [2.75, 3.05) is 0 Å². The molecule has 0 spiro atoms. The normalized spacial score (nSPS) is 22.1. The van der Waals surface area contributed by atoms with Gasteiger partial charge in [-0.25, -0.2) is 5.01 Å². The van der Waals surface area contributed by atoms with E-state index < -0.39 is 4.87 Å². The number of hydrazone groups is 1. The molecule has 1 aliphatic heterocycles. The molecule has 0 radical (unpaired) electrons. The molecule has 0 aliphatic carbocycles. The van der Waals surface area contributed by atoms with Gasteiger partial charge in [0.05, 0.1) is 11.9 Å². The van der Waals surface area contributed by atoms with Crippen LogP contribution < -0.4 is 5.32 Å². The standard InChI is InChI=1S/C11H13N5O2S/c1-7(17)14-10-15-16(8(2)18)11(3,19-10)9-6-12-4-5-13-9/h4-6H,1-3H3,(H,14,15,17). The summed E-state index contributed by atoms with van der Waals surface area (Å²) in [6, 6.07) is 0. The van der Waals surface area contributed by atoms with Crippen molar-refractivity contribution in [2.24, 2.45) is 5.10 Å². The van der Waals surface area contributed by atoms with E-state index in [1.54, 1.807) is 25.5 Å². The van der Waals surface area contributed by atoms with Crippen LogP contribution in [0.5, 0.6) is 0 Å². The molecule has 0 bridgehead atoms. The molecule has 7 nitrogen and oxygen atoms in total. The van der Waals surface area contributed by atoms with E-state index >= 15 is 0 Å². The average molecular weight is 279 g/mol. The van der Waals surface area contributed by atoms with Gasteiger partial charge in [-0.3, -0.25) is 19.6 Å². The Balaban J connectivity index is 2.36. The minimum Gasteiger partial charge on any atom is -0.304 e. The van der Waals surface area contributed by atoms with Gasteiger partial charge in [-0.2, -0.15) is 0 Å². The van der Waals surface area contributed by atoms with E-state index in [9.17, 15) is 9.59 Å². The van der Waals surface area contributed by atoms with Gasteiger partial charge in [0.1, 0.15) is 0 Å². The van der Waals surface area contributed by atoms with Crippen molar-refractivity contribution < 1.29 is 9.59 Å². The Morgan fingerprint density at radius 2 is 2.11 bits per heavy atom. The predicted octanol–water partition coefficient (Wildman–Crippen LogP) is 0.652. The highest BCUT2D eigenvalue weighted by Crippen LogP contribution is 2.43. The third kappa shape index (κ3) is 2.58. The monoisotopic (exact) mass is 279 g/mol. The number of rotatable bonds is 1. The van der Waals surface area contributed by atoms with Gasteiger partial charge in [0.25, 0.3) is 0 Å². The van der Waals surface area contributed by atoms with Crippen molar-refractivity contribution >= 4 is 28.7 Å². The number of carbonyl (C=O) groups is 2. The lowest BCUT2D eigenvalue weighted by Crippen LogP contribution is -2.38. The number of amides is 2. The highest BCUT2D eigenvalue weighted by atomic mass is 32.2. The van der Waals surface area contributed by atoms with E-state index in [1.165, 1.54) is 30.6 Å². The molecule has 1 aromatic heterocycles. The minimum absolute atomic E-state index is 0.235. The van der Waals surface area contributed by atoms with Crippen LogP contribution in [0.4, 0.5) is 0 Å². The summed E-state index contributed by atoms with van der Waals surface area (Å²) in [4.78, 5) is 30.2. The number of hydrogen-bond acceptors (Lipinski definition) is 6. The number of carbonyl (C=O) groups excluding carboxylic acids is 2. The van der Waals surface area contributed by atoms with Gasteiger partial charge >= 0.3 is 0 Å². The molecule has 8 heteroatoms. The number of nitrogens with one attached hydrogen (secondary N) is 1. The Morgan fingerprint density at radius 3 is 2.63 bits per heavy atom. The number of thioether (sulfide) groups is 1. The van der Waals surface area contributed by atoms with Crippen molar-refractivity contribution in [1.29, 1.82) is 0 Å². The fraction of sp³-hybridized carbons (Fsp3) is 0.364. The zero-order valence-corrected chi connectivity index (χ0v) is 11.6. The van der Waals surface area contributed by atoms with Crippen LogP contribution in [0.15, 0.2) is 23.7 Å². The zero-order valence-electron chi connectivity index (χ0n) is 10.7. The van der Waals surface area contributed by atoms with Gasteiger partial charge < -0.3 is 5.32 Å². The van der Waals surface area contributed by atoms with Crippen LogP contribution in [-0.4, -0.2) is 32.0 Å². The highest BCUT2D eigenvalue weighted by molar-refractivity contribution is 8.14. The van der Waals surface area contributed by atoms with Crippen molar-refractivity contribution in [2.45, 2.75) is 25.6 Å². The molecule has 100 valence electrons. The van der Waals surface area contributed by atoms with Crippen molar-refractivity contribution in [1.82, 2.24) is 20.3 Å². The van der Waals surface area contributed by atoms with Crippen molar-refractivity contribution in [3.05, 3.63) is 24.3 Å². The van der Waals surface area contributed by atoms with Crippen molar-refractivity contribution in [3.63, 3.8) is 0 Å². The molecular formula is C11H13N5O2S. The summed E-state index contributed by atoms with van der Waals surface area (Å²) >= 11 is 1.25. The van der Waals surface area contributed by atoms with Crippen LogP contribution in [0.2, 0.25) is 0 Å². The summed E-state index contributed by atoms with van der Waals surface area (Å²) in [7, 11) is 0. The molecule has 1 N–H and O–H groups in total. The van der Waals surface area contributed by atoms with E-state index in [0.29, 0.717) is 10.9 Å². The predicted molar refractivity (Wildman–Crippen MR) is 70.7 cm³/mol. The molecule has 1 aliphatic rings. The maximum Gasteiger partial charge on any atom is 0.241 e. The van der Waals surface area contributed by atoms with Crippen LogP contribution in [0.25, 0.3) is 0 Å². The number of aromatic nitrogens is 2. The number of amidine groups is 1. The Labute approximate surface area is 114 Å². The van der Waals surface area contributed by atoms with E-state index in [1.807, 2.05) is 0 Å².